The maximum atomic E-state index is 11.4. The Morgan fingerprint density at radius 1 is 1.47 bits per heavy atom. The van der Waals surface area contributed by atoms with E-state index < -0.39 is 5.54 Å². The summed E-state index contributed by atoms with van der Waals surface area (Å²) < 4.78 is 0. The predicted molar refractivity (Wildman–Crippen MR) is 74.9 cm³/mol. The van der Waals surface area contributed by atoms with Gasteiger partial charge in [0, 0.05) is 0 Å². The molecule has 0 radical (unpaired) electrons. The zero-order chi connectivity index (χ0) is 12.9. The number of amides is 1. The molecule has 4 heteroatoms. The lowest BCUT2D eigenvalue weighted by Crippen LogP contribution is -2.54. The van der Waals surface area contributed by atoms with E-state index in [0.29, 0.717) is 5.92 Å². The molecule has 0 aliphatic heterocycles. The molecular formula is C13H26N2OS. The van der Waals surface area contributed by atoms with Crippen LogP contribution >= 0.6 is 11.8 Å². The molecule has 1 aliphatic rings. The van der Waals surface area contributed by atoms with E-state index in [9.17, 15) is 4.79 Å². The summed E-state index contributed by atoms with van der Waals surface area (Å²) in [4.78, 5) is 11.4. The number of primary amides is 1. The third-order valence-corrected chi connectivity index (χ3v) is 4.83. The van der Waals surface area contributed by atoms with Gasteiger partial charge in [0.1, 0.15) is 0 Å². The smallest absolute Gasteiger partial charge is 0.237 e. The Morgan fingerprint density at radius 3 is 2.76 bits per heavy atom. The van der Waals surface area contributed by atoms with Crippen LogP contribution in [0.25, 0.3) is 0 Å². The zero-order valence-electron chi connectivity index (χ0n) is 11.1. The van der Waals surface area contributed by atoms with E-state index in [1.165, 1.54) is 12.2 Å². The van der Waals surface area contributed by atoms with E-state index in [0.717, 1.165) is 37.4 Å². The van der Waals surface area contributed by atoms with Crippen molar-refractivity contribution in [3.8, 4) is 0 Å². The van der Waals surface area contributed by atoms with Gasteiger partial charge in [-0.3, -0.25) is 4.79 Å². The van der Waals surface area contributed by atoms with Crippen molar-refractivity contribution in [1.29, 1.82) is 0 Å². The van der Waals surface area contributed by atoms with Crippen molar-refractivity contribution in [3.63, 3.8) is 0 Å². The highest BCUT2D eigenvalue weighted by molar-refractivity contribution is 7.99. The molecule has 4 N–H and O–H groups in total. The lowest BCUT2D eigenvalue weighted by molar-refractivity contribution is -0.124. The molecule has 1 saturated carbocycles. The first-order valence-electron chi connectivity index (χ1n) is 6.63. The number of hydrogen-bond donors (Lipinski definition) is 2. The van der Waals surface area contributed by atoms with Crippen molar-refractivity contribution in [2.45, 2.75) is 51.5 Å². The summed E-state index contributed by atoms with van der Waals surface area (Å²) in [6, 6.07) is 0. The molecule has 1 fully saturated rings. The first-order valence-corrected chi connectivity index (χ1v) is 7.79. The molecule has 1 rings (SSSR count). The monoisotopic (exact) mass is 258 g/mol. The van der Waals surface area contributed by atoms with Gasteiger partial charge in [-0.2, -0.15) is 11.8 Å². The maximum Gasteiger partial charge on any atom is 0.237 e. The highest BCUT2D eigenvalue weighted by atomic mass is 32.2. The lowest BCUT2D eigenvalue weighted by atomic mass is 9.85. The molecule has 0 spiro atoms. The fourth-order valence-corrected chi connectivity index (χ4v) is 3.77. The van der Waals surface area contributed by atoms with Crippen LogP contribution in [0, 0.1) is 11.8 Å². The van der Waals surface area contributed by atoms with Gasteiger partial charge < -0.3 is 11.5 Å². The Morgan fingerprint density at radius 2 is 2.18 bits per heavy atom. The van der Waals surface area contributed by atoms with Crippen LogP contribution in [0.2, 0.25) is 0 Å². The molecule has 1 aliphatic carbocycles. The largest absolute Gasteiger partial charge is 0.368 e. The van der Waals surface area contributed by atoms with Crippen LogP contribution in [0.3, 0.4) is 0 Å². The first-order chi connectivity index (χ1) is 7.97. The molecule has 0 saturated heterocycles. The fourth-order valence-electron chi connectivity index (χ4n) is 2.48. The summed E-state index contributed by atoms with van der Waals surface area (Å²) in [6.45, 7) is 4.49. The first kappa shape index (κ1) is 14.8. The highest BCUT2D eigenvalue weighted by Crippen LogP contribution is 2.36. The number of rotatable bonds is 7. The highest BCUT2D eigenvalue weighted by Gasteiger charge is 2.43. The summed E-state index contributed by atoms with van der Waals surface area (Å²) in [7, 11) is 0. The molecule has 0 aromatic rings. The number of carbonyl (C=O) groups excluding carboxylic acids is 1. The maximum absolute atomic E-state index is 11.4. The van der Waals surface area contributed by atoms with Crippen LogP contribution in [-0.2, 0) is 4.79 Å². The van der Waals surface area contributed by atoms with Crippen molar-refractivity contribution in [2.75, 3.05) is 11.5 Å². The van der Waals surface area contributed by atoms with Gasteiger partial charge in [-0.15, -0.1) is 0 Å². The molecule has 0 bridgehead atoms. The standard InChI is InChI=1S/C13H26N2OS/c1-10(2)5-8-17-9-6-11-4-3-7-13(11,15)12(14)16/h10-11H,3-9,15H2,1-2H3,(H2,14,16). The quantitative estimate of drug-likeness (QED) is 0.687. The van der Waals surface area contributed by atoms with Gasteiger partial charge in [0.15, 0.2) is 0 Å². The third-order valence-electron chi connectivity index (χ3n) is 3.78. The number of thioether (sulfide) groups is 1. The summed E-state index contributed by atoms with van der Waals surface area (Å²) in [5, 5.41) is 0. The van der Waals surface area contributed by atoms with Gasteiger partial charge >= 0.3 is 0 Å². The zero-order valence-corrected chi connectivity index (χ0v) is 11.9. The van der Waals surface area contributed by atoms with Gasteiger partial charge in [-0.05, 0) is 49.0 Å². The number of hydrogen-bond acceptors (Lipinski definition) is 3. The second-order valence-electron chi connectivity index (χ2n) is 5.58. The Bertz CT molecular complexity index is 258. The van der Waals surface area contributed by atoms with Crippen molar-refractivity contribution in [1.82, 2.24) is 0 Å². The van der Waals surface area contributed by atoms with Crippen LogP contribution in [0.1, 0.15) is 46.0 Å². The summed E-state index contributed by atoms with van der Waals surface area (Å²) in [5.41, 5.74) is 10.8. The fraction of sp³-hybridized carbons (Fsp3) is 0.923. The molecule has 0 aromatic heterocycles. The third kappa shape index (κ3) is 4.18. The molecule has 2 unspecified atom stereocenters. The summed E-state index contributed by atoms with van der Waals surface area (Å²) in [6.07, 6.45) is 5.16. The molecule has 1 amide bonds. The topological polar surface area (TPSA) is 69.1 Å². The van der Waals surface area contributed by atoms with Crippen LogP contribution in [0.5, 0.6) is 0 Å². The van der Waals surface area contributed by atoms with Gasteiger partial charge in [0.25, 0.3) is 0 Å². The van der Waals surface area contributed by atoms with E-state index in [1.807, 2.05) is 11.8 Å². The normalized spacial score (nSPS) is 28.8. The Balaban J connectivity index is 2.25. The molecule has 2 atom stereocenters. The van der Waals surface area contributed by atoms with E-state index in [2.05, 4.69) is 13.8 Å². The molecule has 0 aromatic carbocycles. The molecule has 17 heavy (non-hydrogen) atoms. The second-order valence-corrected chi connectivity index (χ2v) is 6.80. The number of nitrogens with two attached hydrogens (primary N) is 2. The second kappa shape index (κ2) is 6.64. The van der Waals surface area contributed by atoms with E-state index in [4.69, 9.17) is 11.5 Å². The van der Waals surface area contributed by atoms with Crippen molar-refractivity contribution < 1.29 is 4.79 Å². The van der Waals surface area contributed by atoms with Gasteiger partial charge in [-0.25, -0.2) is 0 Å². The Labute approximate surface area is 109 Å². The van der Waals surface area contributed by atoms with Crippen LogP contribution < -0.4 is 11.5 Å². The van der Waals surface area contributed by atoms with E-state index in [1.54, 1.807) is 0 Å². The van der Waals surface area contributed by atoms with Crippen LogP contribution in [0.15, 0.2) is 0 Å². The van der Waals surface area contributed by atoms with Gasteiger partial charge in [-0.1, -0.05) is 20.3 Å². The Kier molecular flexibility index (Phi) is 5.80. The average molecular weight is 258 g/mol. The van der Waals surface area contributed by atoms with Crippen LogP contribution in [0.4, 0.5) is 0 Å². The summed E-state index contributed by atoms with van der Waals surface area (Å²) in [5.74, 6) is 3.06. The van der Waals surface area contributed by atoms with Crippen molar-refractivity contribution in [3.05, 3.63) is 0 Å². The average Bonchev–Trinajstić information content (AvgIpc) is 2.61. The number of carbonyl (C=O) groups is 1. The minimum Gasteiger partial charge on any atom is -0.368 e. The lowest BCUT2D eigenvalue weighted by Gasteiger charge is -2.27. The van der Waals surface area contributed by atoms with Gasteiger partial charge in [0.2, 0.25) is 5.91 Å². The molecule has 100 valence electrons. The van der Waals surface area contributed by atoms with E-state index in [-0.39, 0.29) is 5.91 Å². The molecular weight excluding hydrogens is 232 g/mol. The van der Waals surface area contributed by atoms with Crippen molar-refractivity contribution >= 4 is 17.7 Å². The SMILES string of the molecule is CC(C)CCSCCC1CCCC1(N)C(N)=O. The van der Waals surface area contributed by atoms with E-state index >= 15 is 0 Å². The molecule has 3 nitrogen and oxygen atoms in total. The van der Waals surface area contributed by atoms with Crippen molar-refractivity contribution in [2.24, 2.45) is 23.3 Å². The minimum absolute atomic E-state index is 0.298. The minimum atomic E-state index is -0.724. The van der Waals surface area contributed by atoms with Gasteiger partial charge in [0.05, 0.1) is 5.54 Å². The Hall–Kier alpha value is -0.220. The van der Waals surface area contributed by atoms with Crippen LogP contribution in [-0.4, -0.2) is 23.0 Å². The predicted octanol–water partition coefficient (Wildman–Crippen LogP) is 2.14. The summed E-state index contributed by atoms with van der Waals surface area (Å²) >= 11 is 1.97. The molecule has 0 heterocycles.